The summed E-state index contributed by atoms with van der Waals surface area (Å²) in [5.41, 5.74) is 4.20. The van der Waals surface area contributed by atoms with Gasteiger partial charge < -0.3 is 4.57 Å². The van der Waals surface area contributed by atoms with Gasteiger partial charge in [-0.05, 0) is 36.3 Å². The number of nitrogens with zero attached hydrogens (tertiary/aromatic N) is 1. The Morgan fingerprint density at radius 2 is 1.57 bits per heavy atom. The zero-order chi connectivity index (χ0) is 15.2. The summed E-state index contributed by atoms with van der Waals surface area (Å²) in [6, 6.07) is 16.0. The van der Waals surface area contributed by atoms with Crippen LogP contribution in [0.4, 0.5) is 0 Å². The van der Waals surface area contributed by atoms with Crippen molar-refractivity contribution in [2.75, 3.05) is 0 Å². The highest BCUT2D eigenvalue weighted by molar-refractivity contribution is 6.88. The Bertz CT molecular complexity index is 673. The van der Waals surface area contributed by atoms with Crippen molar-refractivity contribution < 1.29 is 0 Å². The molecule has 0 unspecified atom stereocenters. The molecule has 0 spiro atoms. The van der Waals surface area contributed by atoms with Gasteiger partial charge in [-0.25, -0.2) is 0 Å². The standard InChI is InChI=1S/C19H25NSi/c1-14-15(2)20-17(11-12-19(20)21(3,4)5)13-18(14)16-9-7-6-8-10-16/h6-15H,1-5H3/t14-,15+/m0/s1. The Hall–Kier alpha value is -1.54. The van der Waals surface area contributed by atoms with E-state index in [0.717, 1.165) is 0 Å². The zero-order valence-corrected chi connectivity index (χ0v) is 14.7. The molecule has 0 bridgehead atoms. The van der Waals surface area contributed by atoms with Gasteiger partial charge in [-0.1, -0.05) is 56.9 Å². The molecule has 0 saturated heterocycles. The molecule has 1 aromatic carbocycles. The van der Waals surface area contributed by atoms with Gasteiger partial charge >= 0.3 is 0 Å². The highest BCUT2D eigenvalue weighted by atomic mass is 28.3. The number of hydrogen-bond acceptors (Lipinski definition) is 0. The van der Waals surface area contributed by atoms with Gasteiger partial charge in [0, 0.05) is 23.0 Å². The average Bonchev–Trinajstić information content (AvgIpc) is 2.88. The van der Waals surface area contributed by atoms with Crippen molar-refractivity contribution in [1.82, 2.24) is 4.57 Å². The Labute approximate surface area is 129 Å². The van der Waals surface area contributed by atoms with Crippen molar-refractivity contribution in [1.29, 1.82) is 0 Å². The first-order valence-corrected chi connectivity index (χ1v) is 11.4. The van der Waals surface area contributed by atoms with Crippen LogP contribution in [0, 0.1) is 5.92 Å². The van der Waals surface area contributed by atoms with Crippen LogP contribution in [0.5, 0.6) is 0 Å². The average molecular weight is 296 g/mol. The van der Waals surface area contributed by atoms with E-state index in [9.17, 15) is 0 Å². The molecule has 0 aliphatic carbocycles. The van der Waals surface area contributed by atoms with Gasteiger partial charge in [-0.2, -0.15) is 0 Å². The van der Waals surface area contributed by atoms with Gasteiger partial charge in [0.1, 0.15) is 0 Å². The molecule has 2 heteroatoms. The minimum Gasteiger partial charge on any atom is -0.346 e. The zero-order valence-electron chi connectivity index (χ0n) is 13.7. The van der Waals surface area contributed by atoms with Crippen LogP contribution in [-0.2, 0) is 0 Å². The maximum atomic E-state index is 2.59. The second kappa shape index (κ2) is 5.02. The van der Waals surface area contributed by atoms with Gasteiger partial charge in [-0.3, -0.25) is 0 Å². The third-order valence-electron chi connectivity index (χ3n) is 4.75. The number of fused-ring (bicyclic) bond motifs is 1. The fraction of sp³-hybridized carbons (Fsp3) is 0.368. The largest absolute Gasteiger partial charge is 0.346 e. The first kappa shape index (κ1) is 14.4. The van der Waals surface area contributed by atoms with Crippen molar-refractivity contribution >= 4 is 25.0 Å². The lowest BCUT2D eigenvalue weighted by molar-refractivity contribution is 0.454. The van der Waals surface area contributed by atoms with E-state index in [4.69, 9.17) is 0 Å². The van der Waals surface area contributed by atoms with Crippen LogP contribution in [0.3, 0.4) is 0 Å². The second-order valence-electron chi connectivity index (χ2n) is 7.26. The summed E-state index contributed by atoms with van der Waals surface area (Å²) < 4.78 is 2.59. The monoisotopic (exact) mass is 295 g/mol. The Morgan fingerprint density at radius 1 is 0.905 bits per heavy atom. The van der Waals surface area contributed by atoms with Crippen LogP contribution in [0.15, 0.2) is 42.5 Å². The molecule has 2 heterocycles. The minimum absolute atomic E-state index is 0.525. The molecular formula is C19H25NSi. The molecule has 3 rings (SSSR count). The summed E-state index contributed by atoms with van der Waals surface area (Å²) in [7, 11) is -1.30. The third-order valence-corrected chi connectivity index (χ3v) is 6.69. The quantitative estimate of drug-likeness (QED) is 0.702. The van der Waals surface area contributed by atoms with E-state index in [1.807, 2.05) is 0 Å². The molecule has 1 nitrogen and oxygen atoms in total. The van der Waals surface area contributed by atoms with Crippen molar-refractivity contribution in [3.63, 3.8) is 0 Å². The first-order chi connectivity index (χ1) is 9.89. The van der Waals surface area contributed by atoms with Crippen LogP contribution < -0.4 is 5.32 Å². The maximum Gasteiger partial charge on any atom is 0.0984 e. The number of benzene rings is 1. The molecular weight excluding hydrogens is 270 g/mol. The highest BCUT2D eigenvalue weighted by Gasteiger charge is 2.31. The molecule has 1 aliphatic heterocycles. The summed E-state index contributed by atoms with van der Waals surface area (Å²) in [5.74, 6) is 0.544. The van der Waals surface area contributed by atoms with Gasteiger partial charge in [0.25, 0.3) is 0 Å². The summed E-state index contributed by atoms with van der Waals surface area (Å²) in [4.78, 5) is 0. The molecule has 0 fully saturated rings. The van der Waals surface area contributed by atoms with Crippen molar-refractivity contribution in [3.8, 4) is 0 Å². The van der Waals surface area contributed by atoms with Crippen molar-refractivity contribution in [3.05, 3.63) is 53.7 Å². The van der Waals surface area contributed by atoms with Gasteiger partial charge in [0.2, 0.25) is 0 Å². The first-order valence-electron chi connectivity index (χ1n) is 7.88. The van der Waals surface area contributed by atoms with Crippen LogP contribution >= 0.6 is 0 Å². The molecule has 2 atom stereocenters. The lowest BCUT2D eigenvalue weighted by Gasteiger charge is -2.34. The predicted octanol–water partition coefficient (Wildman–Crippen LogP) is 4.78. The van der Waals surface area contributed by atoms with E-state index >= 15 is 0 Å². The van der Waals surface area contributed by atoms with Crippen LogP contribution in [0.1, 0.15) is 31.1 Å². The van der Waals surface area contributed by atoms with Crippen molar-refractivity contribution in [2.24, 2.45) is 5.92 Å². The Balaban J connectivity index is 2.14. The van der Waals surface area contributed by atoms with E-state index in [2.05, 4.69) is 86.6 Å². The normalized spacial score (nSPS) is 21.9. The predicted molar refractivity (Wildman–Crippen MR) is 95.6 cm³/mol. The fourth-order valence-electron chi connectivity index (χ4n) is 3.40. The summed E-state index contributed by atoms with van der Waals surface area (Å²) in [5, 5.41) is 1.57. The minimum atomic E-state index is -1.30. The molecule has 0 radical (unpaired) electrons. The molecule has 1 aromatic heterocycles. The topological polar surface area (TPSA) is 4.93 Å². The van der Waals surface area contributed by atoms with Gasteiger partial charge in [-0.15, -0.1) is 0 Å². The Morgan fingerprint density at radius 3 is 2.19 bits per heavy atom. The van der Waals surface area contributed by atoms with Gasteiger partial charge in [0.15, 0.2) is 0 Å². The van der Waals surface area contributed by atoms with E-state index in [1.54, 1.807) is 5.32 Å². The third kappa shape index (κ3) is 2.42. The molecule has 0 N–H and O–H groups in total. The summed E-state index contributed by atoms with van der Waals surface area (Å²) >= 11 is 0. The lowest BCUT2D eigenvalue weighted by atomic mass is 9.86. The van der Waals surface area contributed by atoms with E-state index < -0.39 is 8.07 Å². The number of aromatic nitrogens is 1. The SMILES string of the molecule is C[C@@H]1C(c2ccccc2)=Cc2ccc([Si](C)(C)C)n2[C@@H]1C. The van der Waals surface area contributed by atoms with Crippen LogP contribution in [-0.4, -0.2) is 12.6 Å². The highest BCUT2D eigenvalue weighted by Crippen LogP contribution is 2.38. The molecule has 110 valence electrons. The molecule has 21 heavy (non-hydrogen) atoms. The molecule has 1 aliphatic rings. The second-order valence-corrected chi connectivity index (χ2v) is 12.3. The Kier molecular flexibility index (Phi) is 3.44. The van der Waals surface area contributed by atoms with E-state index in [-0.39, 0.29) is 0 Å². The smallest absolute Gasteiger partial charge is 0.0984 e. The lowest BCUT2D eigenvalue weighted by Crippen LogP contribution is -2.45. The van der Waals surface area contributed by atoms with Crippen LogP contribution in [0.25, 0.3) is 11.6 Å². The van der Waals surface area contributed by atoms with Gasteiger partial charge in [0.05, 0.1) is 8.07 Å². The number of allylic oxidation sites excluding steroid dienone is 1. The fourth-order valence-corrected chi connectivity index (χ4v) is 5.04. The molecule has 0 saturated carbocycles. The van der Waals surface area contributed by atoms with Crippen LogP contribution in [0.2, 0.25) is 19.6 Å². The summed E-state index contributed by atoms with van der Waals surface area (Å²) in [6.45, 7) is 12.0. The van der Waals surface area contributed by atoms with E-state index in [1.165, 1.54) is 16.8 Å². The number of rotatable bonds is 2. The van der Waals surface area contributed by atoms with E-state index in [0.29, 0.717) is 12.0 Å². The molecule has 2 aromatic rings. The van der Waals surface area contributed by atoms with Crippen molar-refractivity contribution in [2.45, 2.75) is 39.5 Å². The summed E-state index contributed by atoms with van der Waals surface area (Å²) in [6.07, 6.45) is 2.39. The molecule has 0 amide bonds. The maximum absolute atomic E-state index is 2.59. The number of hydrogen-bond donors (Lipinski definition) is 0.